The predicted octanol–water partition coefficient (Wildman–Crippen LogP) is 4.73. The number of rotatable bonds is 7. The van der Waals surface area contributed by atoms with Crippen molar-refractivity contribution >= 4 is 0 Å². The van der Waals surface area contributed by atoms with Crippen LogP contribution in [0, 0.1) is 13.8 Å². The molecule has 0 radical (unpaired) electrons. The van der Waals surface area contributed by atoms with E-state index in [0.717, 1.165) is 70.7 Å². The minimum absolute atomic E-state index is 0.487. The summed E-state index contributed by atoms with van der Waals surface area (Å²) < 4.78 is 17.7. The standard InChI is InChI=1S/C26H29N3O3/c1-5-11-31-23-9-7-6-8-20(23)16-29-10-12-32-26-22(17-29)13-21(14-24(26)30-4)25-19(3)27-15-18(2)28-25/h5-9,13-15H,1,10-12,16-17H2,2-4H3. The Balaban J connectivity index is 1.66. The molecule has 1 aliphatic rings. The third kappa shape index (κ3) is 4.75. The molecule has 6 heteroatoms. The summed E-state index contributed by atoms with van der Waals surface area (Å²) in [4.78, 5) is 11.6. The van der Waals surface area contributed by atoms with E-state index in [4.69, 9.17) is 19.2 Å². The van der Waals surface area contributed by atoms with Crippen LogP contribution in [-0.2, 0) is 13.1 Å². The smallest absolute Gasteiger partial charge is 0.165 e. The number of hydrogen-bond donors (Lipinski definition) is 0. The molecule has 0 bridgehead atoms. The van der Waals surface area contributed by atoms with Gasteiger partial charge in [-0.3, -0.25) is 9.88 Å². The number of fused-ring (bicyclic) bond motifs is 1. The van der Waals surface area contributed by atoms with E-state index >= 15 is 0 Å². The Labute approximate surface area is 189 Å². The number of aromatic nitrogens is 2. The Kier molecular flexibility index (Phi) is 6.71. The minimum atomic E-state index is 0.487. The molecular weight excluding hydrogens is 402 g/mol. The fraction of sp³-hybridized carbons (Fsp3) is 0.308. The molecule has 0 spiro atoms. The van der Waals surface area contributed by atoms with Crippen molar-refractivity contribution in [1.29, 1.82) is 0 Å². The van der Waals surface area contributed by atoms with Crippen LogP contribution in [-0.4, -0.2) is 41.7 Å². The van der Waals surface area contributed by atoms with Gasteiger partial charge in [-0.05, 0) is 32.0 Å². The van der Waals surface area contributed by atoms with E-state index in [1.165, 1.54) is 0 Å². The monoisotopic (exact) mass is 431 g/mol. The largest absolute Gasteiger partial charge is 0.493 e. The molecule has 3 aromatic rings. The summed E-state index contributed by atoms with van der Waals surface area (Å²) in [7, 11) is 1.67. The van der Waals surface area contributed by atoms with Crippen LogP contribution >= 0.6 is 0 Å². The summed E-state index contributed by atoms with van der Waals surface area (Å²) in [5.41, 5.74) is 5.83. The number of benzene rings is 2. The highest BCUT2D eigenvalue weighted by molar-refractivity contribution is 5.68. The van der Waals surface area contributed by atoms with E-state index in [0.29, 0.717) is 13.2 Å². The zero-order valence-electron chi connectivity index (χ0n) is 18.9. The lowest BCUT2D eigenvalue weighted by Crippen LogP contribution is -2.25. The van der Waals surface area contributed by atoms with E-state index in [1.54, 1.807) is 19.4 Å². The number of hydrogen-bond acceptors (Lipinski definition) is 6. The van der Waals surface area contributed by atoms with Crippen molar-refractivity contribution in [3.05, 3.63) is 77.8 Å². The molecule has 0 N–H and O–H groups in total. The van der Waals surface area contributed by atoms with E-state index in [-0.39, 0.29) is 0 Å². The van der Waals surface area contributed by atoms with Crippen molar-refractivity contribution in [3.63, 3.8) is 0 Å². The van der Waals surface area contributed by atoms with Gasteiger partial charge in [-0.1, -0.05) is 30.9 Å². The maximum atomic E-state index is 6.13. The molecule has 2 aromatic carbocycles. The van der Waals surface area contributed by atoms with Gasteiger partial charge in [0.1, 0.15) is 19.0 Å². The molecule has 1 aliphatic heterocycles. The maximum Gasteiger partial charge on any atom is 0.165 e. The first-order chi connectivity index (χ1) is 15.6. The minimum Gasteiger partial charge on any atom is -0.493 e. The van der Waals surface area contributed by atoms with Gasteiger partial charge in [0.2, 0.25) is 0 Å². The molecule has 0 unspecified atom stereocenters. The molecule has 0 atom stereocenters. The molecule has 166 valence electrons. The zero-order chi connectivity index (χ0) is 22.5. The second-order valence-corrected chi connectivity index (χ2v) is 7.88. The lowest BCUT2D eigenvalue weighted by atomic mass is 10.0. The van der Waals surface area contributed by atoms with Crippen molar-refractivity contribution < 1.29 is 14.2 Å². The van der Waals surface area contributed by atoms with Crippen LogP contribution in [0.1, 0.15) is 22.5 Å². The van der Waals surface area contributed by atoms with Gasteiger partial charge < -0.3 is 14.2 Å². The van der Waals surface area contributed by atoms with Crippen LogP contribution in [0.5, 0.6) is 17.2 Å². The van der Waals surface area contributed by atoms with Gasteiger partial charge >= 0.3 is 0 Å². The van der Waals surface area contributed by atoms with Crippen LogP contribution < -0.4 is 14.2 Å². The highest BCUT2D eigenvalue weighted by Gasteiger charge is 2.22. The van der Waals surface area contributed by atoms with E-state index in [9.17, 15) is 0 Å². The Morgan fingerprint density at radius 3 is 2.84 bits per heavy atom. The zero-order valence-corrected chi connectivity index (χ0v) is 18.9. The molecule has 1 aromatic heterocycles. The Bertz CT molecular complexity index is 1110. The van der Waals surface area contributed by atoms with Gasteiger partial charge in [-0.25, -0.2) is 4.98 Å². The van der Waals surface area contributed by atoms with Crippen molar-refractivity contribution in [2.75, 3.05) is 26.9 Å². The lowest BCUT2D eigenvalue weighted by Gasteiger charge is -2.21. The Hall–Kier alpha value is -3.38. The number of aryl methyl sites for hydroxylation is 2. The lowest BCUT2D eigenvalue weighted by molar-refractivity contribution is 0.214. The number of para-hydroxylation sites is 1. The fourth-order valence-corrected chi connectivity index (χ4v) is 3.94. The van der Waals surface area contributed by atoms with Crippen molar-refractivity contribution in [1.82, 2.24) is 14.9 Å². The summed E-state index contributed by atoms with van der Waals surface area (Å²) >= 11 is 0. The quantitative estimate of drug-likeness (QED) is 0.504. The third-order valence-electron chi connectivity index (χ3n) is 5.47. The van der Waals surface area contributed by atoms with Crippen LogP contribution in [0.2, 0.25) is 0 Å². The molecular formula is C26H29N3O3. The van der Waals surface area contributed by atoms with Gasteiger partial charge in [0.15, 0.2) is 11.5 Å². The van der Waals surface area contributed by atoms with Gasteiger partial charge in [-0.2, -0.15) is 0 Å². The Morgan fingerprint density at radius 2 is 2.03 bits per heavy atom. The summed E-state index contributed by atoms with van der Waals surface area (Å²) in [5, 5.41) is 0. The van der Waals surface area contributed by atoms with Crippen LogP contribution in [0.25, 0.3) is 11.3 Å². The summed E-state index contributed by atoms with van der Waals surface area (Å²) in [6.45, 7) is 11.0. The summed E-state index contributed by atoms with van der Waals surface area (Å²) in [5.74, 6) is 2.40. The number of ether oxygens (including phenoxy) is 3. The van der Waals surface area contributed by atoms with Gasteiger partial charge in [0.25, 0.3) is 0 Å². The maximum absolute atomic E-state index is 6.13. The first kappa shape index (κ1) is 21.8. The van der Waals surface area contributed by atoms with E-state index in [2.05, 4.69) is 28.6 Å². The van der Waals surface area contributed by atoms with Crippen LogP contribution in [0.4, 0.5) is 0 Å². The molecule has 0 saturated carbocycles. The number of methoxy groups -OCH3 is 1. The molecule has 0 amide bonds. The van der Waals surface area contributed by atoms with Crippen molar-refractivity contribution in [2.24, 2.45) is 0 Å². The van der Waals surface area contributed by atoms with Crippen molar-refractivity contribution in [3.8, 4) is 28.5 Å². The first-order valence-electron chi connectivity index (χ1n) is 10.8. The number of nitrogens with zero attached hydrogens (tertiary/aromatic N) is 3. The molecule has 32 heavy (non-hydrogen) atoms. The average molecular weight is 432 g/mol. The second-order valence-electron chi connectivity index (χ2n) is 7.88. The van der Waals surface area contributed by atoms with E-state index < -0.39 is 0 Å². The third-order valence-corrected chi connectivity index (χ3v) is 5.47. The fourth-order valence-electron chi connectivity index (χ4n) is 3.94. The SMILES string of the molecule is C=CCOc1ccccc1CN1CCOc2c(cc(-c3nc(C)cnc3C)cc2OC)C1. The van der Waals surface area contributed by atoms with Crippen LogP contribution in [0.3, 0.4) is 0 Å². The molecule has 4 rings (SSSR count). The second kappa shape index (κ2) is 9.83. The highest BCUT2D eigenvalue weighted by Crippen LogP contribution is 2.38. The van der Waals surface area contributed by atoms with E-state index in [1.807, 2.05) is 38.1 Å². The van der Waals surface area contributed by atoms with Gasteiger partial charge in [0.05, 0.1) is 24.2 Å². The summed E-state index contributed by atoms with van der Waals surface area (Å²) in [6.07, 6.45) is 3.55. The molecule has 6 nitrogen and oxygen atoms in total. The molecule has 0 aliphatic carbocycles. The van der Waals surface area contributed by atoms with Gasteiger partial charge in [-0.15, -0.1) is 0 Å². The average Bonchev–Trinajstić information content (AvgIpc) is 3.01. The molecule has 0 saturated heterocycles. The molecule has 0 fully saturated rings. The molecule has 2 heterocycles. The van der Waals surface area contributed by atoms with Gasteiger partial charge in [0, 0.05) is 42.5 Å². The van der Waals surface area contributed by atoms with Crippen molar-refractivity contribution in [2.45, 2.75) is 26.9 Å². The van der Waals surface area contributed by atoms with Crippen LogP contribution in [0.15, 0.2) is 55.3 Å². The summed E-state index contributed by atoms with van der Waals surface area (Å²) in [6, 6.07) is 12.3. The first-order valence-corrected chi connectivity index (χ1v) is 10.8. The highest BCUT2D eigenvalue weighted by atomic mass is 16.5. The topological polar surface area (TPSA) is 56.7 Å². The predicted molar refractivity (Wildman–Crippen MR) is 125 cm³/mol. The Morgan fingerprint density at radius 1 is 1.19 bits per heavy atom. The normalized spacial score (nSPS) is 13.6.